The standard InChI is InChI=1S/C14H16BrNS/c1-11(9-12-5-3-2-4-6-12)16-10-13-7-8-14(15)17-13/h2-8,11,16H,9-10H2,1H3. The Labute approximate surface area is 115 Å². The highest BCUT2D eigenvalue weighted by atomic mass is 79.9. The van der Waals surface area contributed by atoms with Crippen molar-refractivity contribution >= 4 is 27.3 Å². The average Bonchev–Trinajstić information content (AvgIpc) is 2.74. The minimum absolute atomic E-state index is 0.498. The molecule has 1 unspecified atom stereocenters. The SMILES string of the molecule is CC(Cc1ccccc1)NCc1ccc(Br)s1. The van der Waals surface area contributed by atoms with E-state index < -0.39 is 0 Å². The van der Waals surface area contributed by atoms with Crippen LogP contribution in [0.15, 0.2) is 46.3 Å². The fraction of sp³-hybridized carbons (Fsp3) is 0.286. The van der Waals surface area contributed by atoms with Gasteiger partial charge in [-0.05, 0) is 47.0 Å². The van der Waals surface area contributed by atoms with E-state index >= 15 is 0 Å². The Bertz CT molecular complexity index is 452. The molecule has 0 radical (unpaired) electrons. The molecule has 1 N–H and O–H groups in total. The highest BCUT2D eigenvalue weighted by Crippen LogP contribution is 2.21. The van der Waals surface area contributed by atoms with Crippen molar-refractivity contribution < 1.29 is 0 Å². The smallest absolute Gasteiger partial charge is 0.0701 e. The molecular weight excluding hydrogens is 294 g/mol. The zero-order valence-electron chi connectivity index (χ0n) is 9.82. The molecule has 0 fully saturated rings. The average molecular weight is 310 g/mol. The first-order chi connectivity index (χ1) is 8.24. The highest BCUT2D eigenvalue weighted by Gasteiger charge is 2.04. The quantitative estimate of drug-likeness (QED) is 0.871. The van der Waals surface area contributed by atoms with E-state index in [1.54, 1.807) is 11.3 Å². The van der Waals surface area contributed by atoms with E-state index in [0.717, 1.165) is 13.0 Å². The summed E-state index contributed by atoms with van der Waals surface area (Å²) < 4.78 is 1.20. The molecule has 0 saturated carbocycles. The van der Waals surface area contributed by atoms with Crippen molar-refractivity contribution in [3.63, 3.8) is 0 Å². The van der Waals surface area contributed by atoms with E-state index in [1.165, 1.54) is 14.2 Å². The van der Waals surface area contributed by atoms with Gasteiger partial charge in [0.25, 0.3) is 0 Å². The molecule has 1 atom stereocenters. The number of rotatable bonds is 5. The maximum Gasteiger partial charge on any atom is 0.0701 e. The van der Waals surface area contributed by atoms with Crippen molar-refractivity contribution in [3.05, 3.63) is 56.7 Å². The summed E-state index contributed by atoms with van der Waals surface area (Å²) in [7, 11) is 0. The number of thiophene rings is 1. The van der Waals surface area contributed by atoms with Crippen molar-refractivity contribution in [2.45, 2.75) is 25.9 Å². The Morgan fingerprint density at radius 3 is 2.59 bits per heavy atom. The van der Waals surface area contributed by atoms with Gasteiger partial charge in [-0.2, -0.15) is 0 Å². The van der Waals surface area contributed by atoms with Crippen LogP contribution >= 0.6 is 27.3 Å². The molecule has 0 spiro atoms. The van der Waals surface area contributed by atoms with E-state index in [4.69, 9.17) is 0 Å². The Balaban J connectivity index is 1.80. The summed E-state index contributed by atoms with van der Waals surface area (Å²) in [5, 5.41) is 3.55. The fourth-order valence-corrected chi connectivity index (χ4v) is 3.20. The van der Waals surface area contributed by atoms with E-state index in [-0.39, 0.29) is 0 Å². The van der Waals surface area contributed by atoms with Crippen LogP contribution in [0.3, 0.4) is 0 Å². The lowest BCUT2D eigenvalue weighted by molar-refractivity contribution is 0.549. The predicted octanol–water partition coefficient (Wildman–Crippen LogP) is 4.23. The molecule has 1 nitrogen and oxygen atoms in total. The normalized spacial score (nSPS) is 12.6. The van der Waals surface area contributed by atoms with Crippen molar-refractivity contribution in [1.82, 2.24) is 5.32 Å². The zero-order valence-corrected chi connectivity index (χ0v) is 12.2. The van der Waals surface area contributed by atoms with Crippen LogP contribution in [0.25, 0.3) is 0 Å². The lowest BCUT2D eigenvalue weighted by Crippen LogP contribution is -2.27. The molecule has 2 aromatic rings. The van der Waals surface area contributed by atoms with Gasteiger partial charge in [0.1, 0.15) is 0 Å². The number of halogens is 1. The fourth-order valence-electron chi connectivity index (χ4n) is 1.76. The van der Waals surface area contributed by atoms with Crippen LogP contribution in [0.4, 0.5) is 0 Å². The number of hydrogen-bond donors (Lipinski definition) is 1. The molecule has 1 aromatic carbocycles. The van der Waals surface area contributed by atoms with Gasteiger partial charge in [-0.15, -0.1) is 11.3 Å². The molecular formula is C14H16BrNS. The molecule has 17 heavy (non-hydrogen) atoms. The maximum atomic E-state index is 3.55. The van der Waals surface area contributed by atoms with Crippen molar-refractivity contribution in [3.8, 4) is 0 Å². The van der Waals surface area contributed by atoms with E-state index in [1.807, 2.05) is 0 Å². The van der Waals surface area contributed by atoms with E-state index in [0.29, 0.717) is 6.04 Å². The second-order valence-electron chi connectivity index (χ2n) is 4.18. The molecule has 0 amide bonds. The van der Waals surface area contributed by atoms with Crippen LogP contribution in [0.5, 0.6) is 0 Å². The number of hydrogen-bond acceptors (Lipinski definition) is 2. The predicted molar refractivity (Wildman–Crippen MR) is 78.5 cm³/mol. The summed E-state index contributed by atoms with van der Waals surface area (Å²) in [6.07, 6.45) is 1.08. The first kappa shape index (κ1) is 12.8. The van der Waals surface area contributed by atoms with Crippen LogP contribution in [0.2, 0.25) is 0 Å². The third kappa shape index (κ3) is 4.26. The molecule has 1 heterocycles. The zero-order chi connectivity index (χ0) is 12.1. The molecule has 90 valence electrons. The maximum absolute atomic E-state index is 3.55. The summed E-state index contributed by atoms with van der Waals surface area (Å²) >= 11 is 5.27. The van der Waals surface area contributed by atoms with Gasteiger partial charge >= 0.3 is 0 Å². The summed E-state index contributed by atoms with van der Waals surface area (Å²) in [5.74, 6) is 0. The third-order valence-corrected chi connectivity index (χ3v) is 4.26. The van der Waals surface area contributed by atoms with Gasteiger partial charge in [-0.3, -0.25) is 0 Å². The van der Waals surface area contributed by atoms with Crippen LogP contribution in [0, 0.1) is 0 Å². The van der Waals surface area contributed by atoms with Crippen LogP contribution in [-0.2, 0) is 13.0 Å². The molecule has 1 aromatic heterocycles. The van der Waals surface area contributed by atoms with Crippen LogP contribution < -0.4 is 5.32 Å². The Kier molecular flexibility index (Phi) is 4.77. The molecule has 0 aliphatic rings. The first-order valence-electron chi connectivity index (χ1n) is 5.75. The summed E-state index contributed by atoms with van der Waals surface area (Å²) in [4.78, 5) is 1.37. The summed E-state index contributed by atoms with van der Waals surface area (Å²) in [6.45, 7) is 3.18. The van der Waals surface area contributed by atoms with Gasteiger partial charge in [0, 0.05) is 17.5 Å². The first-order valence-corrected chi connectivity index (χ1v) is 7.36. The lowest BCUT2D eigenvalue weighted by atomic mass is 10.1. The van der Waals surface area contributed by atoms with Crippen molar-refractivity contribution in [1.29, 1.82) is 0 Å². The minimum atomic E-state index is 0.498. The Morgan fingerprint density at radius 1 is 1.18 bits per heavy atom. The Morgan fingerprint density at radius 2 is 1.94 bits per heavy atom. The topological polar surface area (TPSA) is 12.0 Å². The van der Waals surface area contributed by atoms with Crippen molar-refractivity contribution in [2.75, 3.05) is 0 Å². The molecule has 2 rings (SSSR count). The summed E-state index contributed by atoms with van der Waals surface area (Å²) in [6, 6.07) is 15.4. The lowest BCUT2D eigenvalue weighted by Gasteiger charge is -2.13. The summed E-state index contributed by atoms with van der Waals surface area (Å²) in [5.41, 5.74) is 1.39. The number of nitrogens with one attached hydrogen (secondary N) is 1. The highest BCUT2D eigenvalue weighted by molar-refractivity contribution is 9.11. The van der Waals surface area contributed by atoms with Gasteiger partial charge in [0.05, 0.1) is 3.79 Å². The molecule has 0 saturated heterocycles. The monoisotopic (exact) mass is 309 g/mol. The van der Waals surface area contributed by atoms with Gasteiger partial charge < -0.3 is 5.32 Å². The molecule has 3 heteroatoms. The second kappa shape index (κ2) is 6.34. The third-order valence-electron chi connectivity index (χ3n) is 2.64. The van der Waals surface area contributed by atoms with Gasteiger partial charge in [0.15, 0.2) is 0 Å². The second-order valence-corrected chi connectivity index (χ2v) is 6.73. The van der Waals surface area contributed by atoms with Gasteiger partial charge in [-0.25, -0.2) is 0 Å². The van der Waals surface area contributed by atoms with Crippen molar-refractivity contribution in [2.24, 2.45) is 0 Å². The largest absolute Gasteiger partial charge is 0.309 e. The van der Waals surface area contributed by atoms with Gasteiger partial charge in [0.2, 0.25) is 0 Å². The van der Waals surface area contributed by atoms with Gasteiger partial charge in [-0.1, -0.05) is 30.3 Å². The van der Waals surface area contributed by atoms with Crippen LogP contribution in [-0.4, -0.2) is 6.04 Å². The van der Waals surface area contributed by atoms with E-state index in [9.17, 15) is 0 Å². The Hall–Kier alpha value is -0.640. The van der Waals surface area contributed by atoms with Crippen LogP contribution in [0.1, 0.15) is 17.4 Å². The molecule has 0 aliphatic carbocycles. The van der Waals surface area contributed by atoms with E-state index in [2.05, 4.69) is 70.6 Å². The molecule has 0 aliphatic heterocycles. The number of benzene rings is 1. The minimum Gasteiger partial charge on any atom is -0.309 e. The molecule has 0 bridgehead atoms.